The van der Waals surface area contributed by atoms with Gasteiger partial charge in [0.15, 0.2) is 11.5 Å². The fourth-order valence-electron chi connectivity index (χ4n) is 3.73. The van der Waals surface area contributed by atoms with Gasteiger partial charge in [-0.25, -0.2) is 0 Å². The first-order chi connectivity index (χ1) is 12.2. The molecule has 2 aromatic carbocycles. The number of aliphatic hydroxyl groups is 1. The van der Waals surface area contributed by atoms with Gasteiger partial charge in [-0.15, -0.1) is 0 Å². The highest BCUT2D eigenvalue weighted by Crippen LogP contribution is 2.39. The lowest BCUT2D eigenvalue weighted by Gasteiger charge is -2.27. The van der Waals surface area contributed by atoms with Gasteiger partial charge < -0.3 is 19.3 Å². The van der Waals surface area contributed by atoms with Crippen LogP contribution in [0.15, 0.2) is 42.5 Å². The largest absolute Gasteiger partial charge is 0.497 e. The SMILES string of the molecule is COc1cccc([C@H]2C[C@H](O)CN2Cc2cccc3c2OCCO3)c1. The molecular formula is C20H23NO4. The summed E-state index contributed by atoms with van der Waals surface area (Å²) in [6.45, 7) is 2.52. The van der Waals surface area contributed by atoms with Crippen molar-refractivity contribution in [1.29, 1.82) is 0 Å². The van der Waals surface area contributed by atoms with Crippen molar-refractivity contribution in [2.45, 2.75) is 25.1 Å². The molecule has 4 rings (SSSR count). The van der Waals surface area contributed by atoms with Crippen LogP contribution in [0.25, 0.3) is 0 Å². The number of aliphatic hydroxyl groups excluding tert-OH is 1. The van der Waals surface area contributed by atoms with Crippen LogP contribution in [-0.2, 0) is 6.54 Å². The zero-order valence-electron chi connectivity index (χ0n) is 14.4. The standard InChI is InChI=1S/C20H23NO4/c1-23-17-6-2-4-14(10-17)18-11-16(22)13-21(18)12-15-5-3-7-19-20(15)25-9-8-24-19/h2-7,10,16,18,22H,8-9,11-13H2,1H3/t16-,18+/m0/s1. The molecule has 2 aliphatic rings. The molecule has 0 saturated carbocycles. The first-order valence-corrected chi connectivity index (χ1v) is 8.68. The molecular weight excluding hydrogens is 318 g/mol. The smallest absolute Gasteiger partial charge is 0.165 e. The van der Waals surface area contributed by atoms with Crippen molar-refractivity contribution >= 4 is 0 Å². The highest BCUT2D eigenvalue weighted by atomic mass is 16.6. The minimum atomic E-state index is -0.326. The number of hydrogen-bond acceptors (Lipinski definition) is 5. The van der Waals surface area contributed by atoms with Gasteiger partial charge in [-0.1, -0.05) is 24.3 Å². The van der Waals surface area contributed by atoms with E-state index in [2.05, 4.69) is 23.1 Å². The van der Waals surface area contributed by atoms with E-state index in [4.69, 9.17) is 14.2 Å². The molecule has 132 valence electrons. The van der Waals surface area contributed by atoms with Crippen molar-refractivity contribution in [2.24, 2.45) is 0 Å². The van der Waals surface area contributed by atoms with Crippen LogP contribution in [0.2, 0.25) is 0 Å². The Balaban J connectivity index is 1.60. The van der Waals surface area contributed by atoms with E-state index in [1.807, 2.05) is 24.3 Å². The van der Waals surface area contributed by atoms with Crippen molar-refractivity contribution < 1.29 is 19.3 Å². The molecule has 0 amide bonds. The maximum Gasteiger partial charge on any atom is 0.165 e. The number of β-amino-alcohol motifs (C(OH)–C–C–N with tert-alkyl or cyclic N) is 1. The van der Waals surface area contributed by atoms with Gasteiger partial charge in [0.25, 0.3) is 0 Å². The number of hydrogen-bond donors (Lipinski definition) is 1. The van der Waals surface area contributed by atoms with Gasteiger partial charge in [-0.2, -0.15) is 0 Å². The van der Waals surface area contributed by atoms with Crippen molar-refractivity contribution in [3.05, 3.63) is 53.6 Å². The summed E-state index contributed by atoms with van der Waals surface area (Å²) in [5.41, 5.74) is 2.26. The quantitative estimate of drug-likeness (QED) is 0.927. The molecule has 2 heterocycles. The Kier molecular flexibility index (Phi) is 4.51. The Hall–Kier alpha value is -2.24. The zero-order valence-corrected chi connectivity index (χ0v) is 14.4. The van der Waals surface area contributed by atoms with Crippen LogP contribution in [0.3, 0.4) is 0 Å². The topological polar surface area (TPSA) is 51.2 Å². The minimum Gasteiger partial charge on any atom is -0.497 e. The van der Waals surface area contributed by atoms with E-state index < -0.39 is 0 Å². The predicted molar refractivity (Wildman–Crippen MR) is 94.2 cm³/mol. The molecule has 25 heavy (non-hydrogen) atoms. The van der Waals surface area contributed by atoms with Crippen LogP contribution < -0.4 is 14.2 Å². The Morgan fingerprint density at radius 1 is 1.16 bits per heavy atom. The molecule has 2 aromatic rings. The Bertz CT molecular complexity index is 748. The number of ether oxygens (including phenoxy) is 3. The number of para-hydroxylation sites is 1. The second-order valence-electron chi connectivity index (χ2n) is 6.55. The van der Waals surface area contributed by atoms with E-state index in [0.29, 0.717) is 26.3 Å². The second kappa shape index (κ2) is 6.94. The molecule has 0 radical (unpaired) electrons. The van der Waals surface area contributed by atoms with E-state index in [9.17, 15) is 5.11 Å². The van der Waals surface area contributed by atoms with Crippen molar-refractivity contribution in [1.82, 2.24) is 4.90 Å². The normalized spacial score (nSPS) is 22.8. The highest BCUT2D eigenvalue weighted by molar-refractivity contribution is 5.47. The summed E-state index contributed by atoms with van der Waals surface area (Å²) in [5, 5.41) is 10.2. The maximum atomic E-state index is 10.2. The monoisotopic (exact) mass is 341 g/mol. The number of rotatable bonds is 4. The lowest BCUT2D eigenvalue weighted by atomic mass is 10.0. The molecule has 0 aromatic heterocycles. The average molecular weight is 341 g/mol. The first-order valence-electron chi connectivity index (χ1n) is 8.68. The van der Waals surface area contributed by atoms with Gasteiger partial charge in [-0.3, -0.25) is 4.90 Å². The summed E-state index contributed by atoms with van der Waals surface area (Å²) < 4.78 is 16.9. The fourth-order valence-corrected chi connectivity index (χ4v) is 3.73. The van der Waals surface area contributed by atoms with Crippen molar-refractivity contribution in [2.75, 3.05) is 26.9 Å². The molecule has 0 spiro atoms. The number of benzene rings is 2. The van der Waals surface area contributed by atoms with E-state index in [-0.39, 0.29) is 12.1 Å². The van der Waals surface area contributed by atoms with Gasteiger partial charge in [-0.05, 0) is 30.2 Å². The first kappa shape index (κ1) is 16.2. The van der Waals surface area contributed by atoms with Gasteiger partial charge in [0.2, 0.25) is 0 Å². The van der Waals surface area contributed by atoms with Crippen LogP contribution in [-0.4, -0.2) is 43.0 Å². The molecule has 1 saturated heterocycles. The van der Waals surface area contributed by atoms with Gasteiger partial charge in [0.05, 0.1) is 13.2 Å². The number of likely N-dealkylation sites (tertiary alicyclic amines) is 1. The summed E-state index contributed by atoms with van der Waals surface area (Å²) >= 11 is 0. The van der Waals surface area contributed by atoms with E-state index >= 15 is 0 Å². The van der Waals surface area contributed by atoms with E-state index in [1.54, 1.807) is 7.11 Å². The molecule has 0 aliphatic carbocycles. The Morgan fingerprint density at radius 2 is 2.00 bits per heavy atom. The van der Waals surface area contributed by atoms with Gasteiger partial charge >= 0.3 is 0 Å². The van der Waals surface area contributed by atoms with Gasteiger partial charge in [0, 0.05) is 24.7 Å². The molecule has 5 nitrogen and oxygen atoms in total. The van der Waals surface area contributed by atoms with Gasteiger partial charge in [0.1, 0.15) is 19.0 Å². The molecule has 2 aliphatic heterocycles. The van der Waals surface area contributed by atoms with Crippen LogP contribution in [0.5, 0.6) is 17.2 Å². The third kappa shape index (κ3) is 3.30. The summed E-state index contributed by atoms with van der Waals surface area (Å²) in [4.78, 5) is 2.30. The van der Waals surface area contributed by atoms with Crippen LogP contribution in [0.1, 0.15) is 23.6 Å². The van der Waals surface area contributed by atoms with E-state index in [0.717, 1.165) is 34.8 Å². The molecule has 1 N–H and O–H groups in total. The van der Waals surface area contributed by atoms with Crippen LogP contribution >= 0.6 is 0 Å². The summed E-state index contributed by atoms with van der Waals surface area (Å²) in [5.74, 6) is 2.48. The van der Waals surface area contributed by atoms with E-state index in [1.165, 1.54) is 0 Å². The molecule has 0 bridgehead atoms. The summed E-state index contributed by atoms with van der Waals surface area (Å²) in [7, 11) is 1.67. The fraction of sp³-hybridized carbons (Fsp3) is 0.400. The molecule has 0 unspecified atom stereocenters. The average Bonchev–Trinajstić information content (AvgIpc) is 3.02. The second-order valence-corrected chi connectivity index (χ2v) is 6.55. The maximum absolute atomic E-state index is 10.2. The predicted octanol–water partition coefficient (Wildman–Crippen LogP) is 2.77. The number of methoxy groups -OCH3 is 1. The lowest BCUT2D eigenvalue weighted by molar-refractivity contribution is 0.159. The lowest BCUT2D eigenvalue weighted by Crippen LogP contribution is -2.25. The van der Waals surface area contributed by atoms with Crippen molar-refractivity contribution in [3.8, 4) is 17.2 Å². The minimum absolute atomic E-state index is 0.158. The highest BCUT2D eigenvalue weighted by Gasteiger charge is 2.33. The Labute approximate surface area is 147 Å². The molecule has 1 fully saturated rings. The third-order valence-electron chi connectivity index (χ3n) is 4.88. The Morgan fingerprint density at radius 3 is 2.88 bits per heavy atom. The zero-order chi connectivity index (χ0) is 17.2. The molecule has 5 heteroatoms. The summed E-state index contributed by atoms with van der Waals surface area (Å²) in [6.07, 6.45) is 0.396. The molecule has 2 atom stereocenters. The van der Waals surface area contributed by atoms with Crippen LogP contribution in [0, 0.1) is 0 Å². The number of fused-ring (bicyclic) bond motifs is 1. The third-order valence-corrected chi connectivity index (χ3v) is 4.88. The van der Waals surface area contributed by atoms with Crippen molar-refractivity contribution in [3.63, 3.8) is 0 Å². The number of nitrogens with zero attached hydrogens (tertiary/aromatic N) is 1. The van der Waals surface area contributed by atoms with Crippen LogP contribution in [0.4, 0.5) is 0 Å². The summed E-state index contributed by atoms with van der Waals surface area (Å²) in [6, 6.07) is 14.3.